The molecule has 0 saturated heterocycles. The first kappa shape index (κ1) is 16.3. The second kappa shape index (κ2) is 6.51. The van der Waals surface area contributed by atoms with E-state index < -0.39 is 0 Å². The Balaban J connectivity index is 1.62. The van der Waals surface area contributed by atoms with Crippen molar-refractivity contribution >= 4 is 16.8 Å². The van der Waals surface area contributed by atoms with E-state index in [-0.39, 0.29) is 5.91 Å². The SMILES string of the molecule is Cc1nn(C)c(C)c1CCNC(=O)Cc1c(C)[nH]c2ccccc12. The standard InChI is InChI=1S/C19H24N4O/c1-12-17(16-7-5-6-8-18(16)21-12)11-19(24)20-10-9-15-13(2)22-23(4)14(15)3/h5-8,21H,9-11H2,1-4H3,(H,20,24). The molecule has 0 spiro atoms. The zero-order valence-corrected chi connectivity index (χ0v) is 14.7. The maximum atomic E-state index is 12.3. The van der Waals surface area contributed by atoms with Gasteiger partial charge in [-0.1, -0.05) is 18.2 Å². The Morgan fingerprint density at radius 3 is 2.67 bits per heavy atom. The third-order valence-corrected chi connectivity index (χ3v) is 4.72. The van der Waals surface area contributed by atoms with E-state index in [1.54, 1.807) is 0 Å². The van der Waals surface area contributed by atoms with Crippen molar-refractivity contribution in [1.82, 2.24) is 20.1 Å². The largest absolute Gasteiger partial charge is 0.358 e. The van der Waals surface area contributed by atoms with Crippen molar-refractivity contribution in [3.05, 3.63) is 52.5 Å². The summed E-state index contributed by atoms with van der Waals surface area (Å²) in [4.78, 5) is 15.7. The average Bonchev–Trinajstić information content (AvgIpc) is 2.98. The number of carbonyl (C=O) groups is 1. The summed E-state index contributed by atoms with van der Waals surface area (Å²) >= 11 is 0. The summed E-state index contributed by atoms with van der Waals surface area (Å²) in [6.45, 7) is 6.73. The van der Waals surface area contributed by atoms with Crippen LogP contribution in [0.15, 0.2) is 24.3 Å². The lowest BCUT2D eigenvalue weighted by molar-refractivity contribution is -0.120. The van der Waals surface area contributed by atoms with Crippen molar-refractivity contribution < 1.29 is 4.79 Å². The number of aromatic amines is 1. The number of rotatable bonds is 5. The Bertz CT molecular complexity index is 888. The van der Waals surface area contributed by atoms with Gasteiger partial charge in [-0.25, -0.2) is 0 Å². The fraction of sp³-hybridized carbons (Fsp3) is 0.368. The number of para-hydroxylation sites is 1. The third kappa shape index (κ3) is 3.07. The molecule has 1 aromatic carbocycles. The lowest BCUT2D eigenvalue weighted by Gasteiger charge is -2.06. The number of carbonyl (C=O) groups excluding carboxylic acids is 1. The highest BCUT2D eigenvalue weighted by molar-refractivity contribution is 5.90. The number of hydrogen-bond donors (Lipinski definition) is 2. The van der Waals surface area contributed by atoms with E-state index >= 15 is 0 Å². The third-order valence-electron chi connectivity index (χ3n) is 4.72. The van der Waals surface area contributed by atoms with Gasteiger partial charge in [0, 0.05) is 35.9 Å². The number of fused-ring (bicyclic) bond motifs is 1. The number of aromatic nitrogens is 3. The van der Waals surface area contributed by atoms with Crippen LogP contribution >= 0.6 is 0 Å². The molecule has 2 N–H and O–H groups in total. The molecule has 0 aliphatic rings. The van der Waals surface area contributed by atoms with Gasteiger partial charge >= 0.3 is 0 Å². The molecule has 5 nitrogen and oxygen atoms in total. The highest BCUT2D eigenvalue weighted by Gasteiger charge is 2.13. The van der Waals surface area contributed by atoms with E-state index in [2.05, 4.69) is 28.4 Å². The molecule has 24 heavy (non-hydrogen) atoms. The zero-order valence-electron chi connectivity index (χ0n) is 14.7. The maximum Gasteiger partial charge on any atom is 0.224 e. The Kier molecular flexibility index (Phi) is 4.42. The lowest BCUT2D eigenvalue weighted by atomic mass is 10.1. The smallest absolute Gasteiger partial charge is 0.224 e. The summed E-state index contributed by atoms with van der Waals surface area (Å²) in [6.07, 6.45) is 1.21. The zero-order chi connectivity index (χ0) is 17.3. The summed E-state index contributed by atoms with van der Waals surface area (Å²) in [5.41, 5.74) is 6.65. The number of hydrogen-bond acceptors (Lipinski definition) is 2. The van der Waals surface area contributed by atoms with Crippen LogP contribution in [0, 0.1) is 20.8 Å². The Hall–Kier alpha value is -2.56. The molecule has 0 aliphatic carbocycles. The van der Waals surface area contributed by atoms with Gasteiger partial charge in [-0.3, -0.25) is 9.48 Å². The summed E-state index contributed by atoms with van der Waals surface area (Å²) in [7, 11) is 1.95. The minimum absolute atomic E-state index is 0.0575. The number of nitrogens with one attached hydrogen (secondary N) is 2. The van der Waals surface area contributed by atoms with E-state index in [1.807, 2.05) is 43.8 Å². The molecule has 0 aliphatic heterocycles. The van der Waals surface area contributed by atoms with Crippen LogP contribution in [0.2, 0.25) is 0 Å². The first-order chi connectivity index (χ1) is 11.5. The molecule has 2 heterocycles. The van der Waals surface area contributed by atoms with E-state index in [1.165, 1.54) is 5.56 Å². The van der Waals surface area contributed by atoms with Crippen LogP contribution in [0.3, 0.4) is 0 Å². The van der Waals surface area contributed by atoms with Crippen molar-refractivity contribution in [3.8, 4) is 0 Å². The minimum Gasteiger partial charge on any atom is -0.358 e. The van der Waals surface area contributed by atoms with Gasteiger partial charge in [-0.15, -0.1) is 0 Å². The summed E-state index contributed by atoms with van der Waals surface area (Å²) < 4.78 is 1.89. The number of H-pyrrole nitrogens is 1. The lowest BCUT2D eigenvalue weighted by Crippen LogP contribution is -2.27. The topological polar surface area (TPSA) is 62.7 Å². The molecule has 1 amide bonds. The Labute approximate surface area is 142 Å². The van der Waals surface area contributed by atoms with Gasteiger partial charge in [0.15, 0.2) is 0 Å². The molecule has 0 unspecified atom stereocenters. The molecule has 126 valence electrons. The van der Waals surface area contributed by atoms with Crippen LogP contribution in [0.5, 0.6) is 0 Å². The van der Waals surface area contributed by atoms with Crippen LogP contribution in [0.25, 0.3) is 10.9 Å². The average molecular weight is 324 g/mol. The van der Waals surface area contributed by atoms with Gasteiger partial charge < -0.3 is 10.3 Å². The van der Waals surface area contributed by atoms with Crippen LogP contribution in [-0.4, -0.2) is 27.2 Å². The second-order valence-electron chi connectivity index (χ2n) is 6.32. The molecular formula is C19H24N4O. The van der Waals surface area contributed by atoms with Gasteiger partial charge in [0.05, 0.1) is 12.1 Å². The molecule has 5 heteroatoms. The minimum atomic E-state index is 0.0575. The normalized spacial score (nSPS) is 11.2. The predicted octanol–water partition coefficient (Wildman–Crippen LogP) is 2.73. The summed E-state index contributed by atoms with van der Waals surface area (Å²) in [6, 6.07) is 8.10. The highest BCUT2D eigenvalue weighted by Crippen LogP contribution is 2.22. The van der Waals surface area contributed by atoms with Gasteiger partial charge in [0.2, 0.25) is 5.91 Å². The molecule has 3 rings (SSSR count). The summed E-state index contributed by atoms with van der Waals surface area (Å²) in [5, 5.41) is 8.58. The van der Waals surface area contributed by atoms with Crippen molar-refractivity contribution in [2.75, 3.05) is 6.54 Å². The molecule has 0 radical (unpaired) electrons. The van der Waals surface area contributed by atoms with Crippen LogP contribution in [0.1, 0.15) is 28.2 Å². The quantitative estimate of drug-likeness (QED) is 0.758. The fourth-order valence-corrected chi connectivity index (χ4v) is 3.29. The predicted molar refractivity (Wildman–Crippen MR) is 96.1 cm³/mol. The second-order valence-corrected chi connectivity index (χ2v) is 6.32. The van der Waals surface area contributed by atoms with E-state index in [0.717, 1.165) is 40.0 Å². The molecule has 0 fully saturated rings. The molecule has 3 aromatic rings. The van der Waals surface area contributed by atoms with Crippen LogP contribution < -0.4 is 5.32 Å². The van der Waals surface area contributed by atoms with E-state index in [9.17, 15) is 4.79 Å². The maximum absolute atomic E-state index is 12.3. The van der Waals surface area contributed by atoms with Crippen LogP contribution in [0.4, 0.5) is 0 Å². The van der Waals surface area contributed by atoms with Gasteiger partial charge in [0.1, 0.15) is 0 Å². The first-order valence-electron chi connectivity index (χ1n) is 8.29. The first-order valence-corrected chi connectivity index (χ1v) is 8.29. The number of amides is 1. The monoisotopic (exact) mass is 324 g/mol. The van der Waals surface area contributed by atoms with Crippen molar-refractivity contribution in [2.24, 2.45) is 7.05 Å². The Morgan fingerprint density at radius 1 is 1.21 bits per heavy atom. The number of benzene rings is 1. The van der Waals surface area contributed by atoms with Crippen molar-refractivity contribution in [2.45, 2.75) is 33.6 Å². The fourth-order valence-electron chi connectivity index (χ4n) is 3.29. The van der Waals surface area contributed by atoms with Crippen molar-refractivity contribution in [1.29, 1.82) is 0 Å². The highest BCUT2D eigenvalue weighted by atomic mass is 16.1. The molecular weight excluding hydrogens is 300 g/mol. The molecule has 0 saturated carbocycles. The number of aryl methyl sites for hydroxylation is 3. The van der Waals surface area contributed by atoms with E-state index in [4.69, 9.17) is 0 Å². The van der Waals surface area contributed by atoms with Crippen molar-refractivity contribution in [3.63, 3.8) is 0 Å². The number of nitrogens with zero attached hydrogens (tertiary/aromatic N) is 2. The Morgan fingerprint density at radius 2 is 1.96 bits per heavy atom. The van der Waals surface area contributed by atoms with Crippen LogP contribution in [-0.2, 0) is 24.7 Å². The molecule has 0 atom stereocenters. The van der Waals surface area contributed by atoms with Gasteiger partial charge in [-0.2, -0.15) is 5.10 Å². The summed E-state index contributed by atoms with van der Waals surface area (Å²) in [5.74, 6) is 0.0575. The molecule has 2 aromatic heterocycles. The van der Waals surface area contributed by atoms with E-state index in [0.29, 0.717) is 13.0 Å². The molecule has 0 bridgehead atoms. The van der Waals surface area contributed by atoms with Gasteiger partial charge in [0.25, 0.3) is 0 Å². The van der Waals surface area contributed by atoms with Gasteiger partial charge in [-0.05, 0) is 44.4 Å².